The van der Waals surface area contributed by atoms with E-state index in [1.807, 2.05) is 0 Å². The molecule has 0 saturated carbocycles. The summed E-state index contributed by atoms with van der Waals surface area (Å²) in [5.41, 5.74) is 4.11. The molecule has 2 amide bonds. The van der Waals surface area contributed by atoms with Gasteiger partial charge in [0.25, 0.3) is 0 Å². The van der Waals surface area contributed by atoms with Gasteiger partial charge in [-0.1, -0.05) is 6.07 Å². The second-order valence-corrected chi connectivity index (χ2v) is 4.33. The van der Waals surface area contributed by atoms with Crippen LogP contribution in [0.1, 0.15) is 24.2 Å². The number of anilines is 1. The lowest BCUT2D eigenvalue weighted by Gasteiger charge is -2.18. The Bertz CT molecular complexity index is 509. The van der Waals surface area contributed by atoms with Gasteiger partial charge >= 0.3 is 5.97 Å². The molecule has 0 bridgehead atoms. The number of aliphatic carboxylic acids is 1. The summed E-state index contributed by atoms with van der Waals surface area (Å²) in [7, 11) is 0. The van der Waals surface area contributed by atoms with Crippen LogP contribution in [0, 0.1) is 5.41 Å². The quantitative estimate of drug-likeness (QED) is 0.687. The van der Waals surface area contributed by atoms with Crippen LogP contribution in [0.5, 0.6) is 0 Å². The average Bonchev–Trinajstić information content (AvgIpc) is 2.28. The number of primary amides is 1. The SMILES string of the molecule is CC(C)(C(=O)O)C(=O)Nc1cccc(C(N)=O)c1. The van der Waals surface area contributed by atoms with Crippen LogP contribution in [0.25, 0.3) is 0 Å². The van der Waals surface area contributed by atoms with Gasteiger partial charge in [0, 0.05) is 11.3 Å². The molecule has 18 heavy (non-hydrogen) atoms. The van der Waals surface area contributed by atoms with Crippen LogP contribution >= 0.6 is 0 Å². The first kappa shape index (κ1) is 13.7. The molecule has 6 heteroatoms. The van der Waals surface area contributed by atoms with Gasteiger partial charge in [0.05, 0.1) is 0 Å². The summed E-state index contributed by atoms with van der Waals surface area (Å²) in [6, 6.07) is 5.98. The maximum absolute atomic E-state index is 11.7. The molecule has 0 heterocycles. The van der Waals surface area contributed by atoms with Crippen LogP contribution < -0.4 is 11.1 Å². The molecule has 0 aliphatic carbocycles. The van der Waals surface area contributed by atoms with Crippen LogP contribution in [0.3, 0.4) is 0 Å². The zero-order chi connectivity index (χ0) is 13.9. The van der Waals surface area contributed by atoms with E-state index < -0.39 is 23.2 Å². The molecule has 0 unspecified atom stereocenters. The van der Waals surface area contributed by atoms with Gasteiger partial charge in [-0.2, -0.15) is 0 Å². The molecule has 1 rings (SSSR count). The Balaban J connectivity index is 2.92. The normalized spacial score (nSPS) is 10.8. The molecular formula is C12H14N2O4. The summed E-state index contributed by atoms with van der Waals surface area (Å²) in [6.45, 7) is 2.59. The van der Waals surface area contributed by atoms with Crippen molar-refractivity contribution in [2.45, 2.75) is 13.8 Å². The number of carboxylic acid groups (broad SMARTS) is 1. The number of nitrogens with two attached hydrogens (primary N) is 1. The molecule has 0 fully saturated rings. The van der Waals surface area contributed by atoms with E-state index in [9.17, 15) is 14.4 Å². The van der Waals surface area contributed by atoms with Crippen LogP contribution in [-0.2, 0) is 9.59 Å². The smallest absolute Gasteiger partial charge is 0.318 e. The Morgan fingerprint density at radius 3 is 2.39 bits per heavy atom. The van der Waals surface area contributed by atoms with Crippen molar-refractivity contribution < 1.29 is 19.5 Å². The summed E-state index contributed by atoms with van der Waals surface area (Å²) in [4.78, 5) is 33.6. The van der Waals surface area contributed by atoms with E-state index in [1.165, 1.54) is 26.0 Å². The molecule has 0 aliphatic heterocycles. The van der Waals surface area contributed by atoms with Crippen molar-refractivity contribution in [2.75, 3.05) is 5.32 Å². The Morgan fingerprint density at radius 1 is 1.28 bits per heavy atom. The maximum Gasteiger partial charge on any atom is 0.318 e. The van der Waals surface area contributed by atoms with E-state index in [1.54, 1.807) is 12.1 Å². The molecule has 0 atom stereocenters. The van der Waals surface area contributed by atoms with Gasteiger partial charge in [-0.3, -0.25) is 14.4 Å². The van der Waals surface area contributed by atoms with Crippen molar-refractivity contribution in [2.24, 2.45) is 11.1 Å². The monoisotopic (exact) mass is 250 g/mol. The highest BCUT2D eigenvalue weighted by Gasteiger charge is 2.36. The van der Waals surface area contributed by atoms with Crippen molar-refractivity contribution >= 4 is 23.5 Å². The van der Waals surface area contributed by atoms with Crippen molar-refractivity contribution in [3.8, 4) is 0 Å². The van der Waals surface area contributed by atoms with E-state index in [4.69, 9.17) is 10.8 Å². The second kappa shape index (κ2) is 4.87. The number of hydrogen-bond donors (Lipinski definition) is 3. The first-order valence-corrected chi connectivity index (χ1v) is 5.20. The molecule has 6 nitrogen and oxygen atoms in total. The van der Waals surface area contributed by atoms with Crippen LogP contribution in [-0.4, -0.2) is 22.9 Å². The number of hydrogen-bond acceptors (Lipinski definition) is 3. The Kier molecular flexibility index (Phi) is 3.70. The lowest BCUT2D eigenvalue weighted by atomic mass is 9.92. The van der Waals surface area contributed by atoms with E-state index in [2.05, 4.69) is 5.32 Å². The van der Waals surface area contributed by atoms with Gasteiger partial charge in [0.15, 0.2) is 0 Å². The van der Waals surface area contributed by atoms with Gasteiger partial charge in [0.2, 0.25) is 11.8 Å². The largest absolute Gasteiger partial charge is 0.480 e. The standard InChI is InChI=1S/C12H14N2O4/c1-12(2,11(17)18)10(16)14-8-5-3-4-7(6-8)9(13)15/h3-6H,1-2H3,(H2,13,15)(H,14,16)(H,17,18). The van der Waals surface area contributed by atoms with Gasteiger partial charge in [-0.25, -0.2) is 0 Å². The van der Waals surface area contributed by atoms with Crippen LogP contribution in [0.2, 0.25) is 0 Å². The van der Waals surface area contributed by atoms with E-state index in [0.29, 0.717) is 5.69 Å². The number of benzene rings is 1. The third-order valence-electron chi connectivity index (χ3n) is 2.51. The second-order valence-electron chi connectivity index (χ2n) is 4.33. The highest BCUT2D eigenvalue weighted by molar-refractivity contribution is 6.08. The number of rotatable bonds is 4. The fraction of sp³-hybridized carbons (Fsp3) is 0.250. The Morgan fingerprint density at radius 2 is 1.89 bits per heavy atom. The molecule has 4 N–H and O–H groups in total. The van der Waals surface area contributed by atoms with Crippen molar-refractivity contribution in [1.29, 1.82) is 0 Å². The number of carbonyl (C=O) groups excluding carboxylic acids is 2. The zero-order valence-corrected chi connectivity index (χ0v) is 10.1. The summed E-state index contributed by atoms with van der Waals surface area (Å²) >= 11 is 0. The lowest BCUT2D eigenvalue weighted by Crippen LogP contribution is -2.37. The number of nitrogens with one attached hydrogen (secondary N) is 1. The minimum absolute atomic E-state index is 0.237. The van der Waals surface area contributed by atoms with Gasteiger partial charge < -0.3 is 16.2 Å². The molecule has 0 aromatic heterocycles. The van der Waals surface area contributed by atoms with Crippen molar-refractivity contribution in [3.63, 3.8) is 0 Å². The molecule has 96 valence electrons. The molecule has 0 aliphatic rings. The molecule has 0 saturated heterocycles. The van der Waals surface area contributed by atoms with E-state index in [0.717, 1.165) is 0 Å². The maximum atomic E-state index is 11.7. The van der Waals surface area contributed by atoms with E-state index >= 15 is 0 Å². The molecule has 1 aromatic carbocycles. The fourth-order valence-corrected chi connectivity index (χ4v) is 1.13. The first-order valence-electron chi connectivity index (χ1n) is 5.20. The number of carboxylic acids is 1. The van der Waals surface area contributed by atoms with Gasteiger partial charge in [-0.15, -0.1) is 0 Å². The highest BCUT2D eigenvalue weighted by atomic mass is 16.4. The predicted molar refractivity (Wildman–Crippen MR) is 65.0 cm³/mol. The third-order valence-corrected chi connectivity index (χ3v) is 2.51. The summed E-state index contributed by atoms with van der Waals surface area (Å²) in [5.74, 6) is -2.52. The Labute approximate surface area is 104 Å². The molecular weight excluding hydrogens is 236 g/mol. The first-order chi connectivity index (χ1) is 8.25. The summed E-state index contributed by atoms with van der Waals surface area (Å²) in [5, 5.41) is 11.3. The van der Waals surface area contributed by atoms with Crippen LogP contribution in [0.4, 0.5) is 5.69 Å². The number of carbonyl (C=O) groups is 3. The van der Waals surface area contributed by atoms with Crippen molar-refractivity contribution in [3.05, 3.63) is 29.8 Å². The molecule has 0 radical (unpaired) electrons. The minimum Gasteiger partial charge on any atom is -0.480 e. The predicted octanol–water partition coefficient (Wildman–Crippen LogP) is 0.835. The summed E-state index contributed by atoms with van der Waals surface area (Å²) < 4.78 is 0. The summed E-state index contributed by atoms with van der Waals surface area (Å²) in [6.07, 6.45) is 0. The van der Waals surface area contributed by atoms with Crippen LogP contribution in [0.15, 0.2) is 24.3 Å². The minimum atomic E-state index is -1.55. The fourth-order valence-electron chi connectivity index (χ4n) is 1.13. The average molecular weight is 250 g/mol. The van der Waals surface area contributed by atoms with Gasteiger partial charge in [-0.05, 0) is 32.0 Å². The van der Waals surface area contributed by atoms with E-state index in [-0.39, 0.29) is 5.56 Å². The molecule has 0 spiro atoms. The van der Waals surface area contributed by atoms with Crippen molar-refractivity contribution in [1.82, 2.24) is 0 Å². The van der Waals surface area contributed by atoms with Gasteiger partial charge in [0.1, 0.15) is 5.41 Å². The Hall–Kier alpha value is -2.37. The highest BCUT2D eigenvalue weighted by Crippen LogP contribution is 2.19. The topological polar surface area (TPSA) is 109 Å². The molecule has 1 aromatic rings. The lowest BCUT2D eigenvalue weighted by molar-refractivity contribution is -0.151. The number of amides is 2. The zero-order valence-electron chi connectivity index (χ0n) is 10.1. The third kappa shape index (κ3) is 2.85.